The average Bonchev–Trinajstić information content (AvgIpc) is 3.81. The van der Waals surface area contributed by atoms with Crippen LogP contribution in [0.25, 0.3) is 0 Å². The van der Waals surface area contributed by atoms with Gasteiger partial charge in [-0.2, -0.15) is 0 Å². The average molecular weight is 897 g/mol. The van der Waals surface area contributed by atoms with E-state index in [2.05, 4.69) is 6.92 Å². The zero-order valence-electron chi connectivity index (χ0n) is 40.5. The fraction of sp³-hybridized carbons (Fsp3) is 0.966. The van der Waals surface area contributed by atoms with E-state index in [0.29, 0.717) is 66.6 Å². The number of alkyl halides is 4. The molecule has 2 nitrogen and oxygen atoms in total. The highest BCUT2D eigenvalue weighted by Gasteiger charge is 2.61. The smallest absolute Gasteiger partial charge is 0.142 e. The maximum absolute atomic E-state index is 16.7. The van der Waals surface area contributed by atoms with Gasteiger partial charge in [-0.15, -0.1) is 0 Å². The highest BCUT2D eigenvalue weighted by atomic mass is 19.1. The van der Waals surface area contributed by atoms with Crippen molar-refractivity contribution in [1.29, 1.82) is 0 Å². The lowest BCUT2D eigenvalue weighted by atomic mass is 9.59. The highest BCUT2D eigenvalue weighted by Crippen LogP contribution is 2.57. The van der Waals surface area contributed by atoms with Gasteiger partial charge in [-0.25, -0.2) is 17.6 Å². The first kappa shape index (κ1) is 48.1. The van der Waals surface area contributed by atoms with Crippen molar-refractivity contribution in [3.05, 3.63) is 0 Å². The van der Waals surface area contributed by atoms with E-state index in [0.717, 1.165) is 95.8 Å². The van der Waals surface area contributed by atoms with E-state index in [1.807, 2.05) is 0 Å². The van der Waals surface area contributed by atoms with Gasteiger partial charge in [-0.3, -0.25) is 9.59 Å². The largest absolute Gasteiger partial charge is 0.299 e. The van der Waals surface area contributed by atoms with Gasteiger partial charge in [0.2, 0.25) is 0 Å². The summed E-state index contributed by atoms with van der Waals surface area (Å²) >= 11 is 0. The van der Waals surface area contributed by atoms with Crippen molar-refractivity contribution in [2.24, 2.45) is 101 Å². The van der Waals surface area contributed by atoms with Crippen LogP contribution in [0.15, 0.2) is 0 Å². The number of fused-ring (bicyclic) bond motifs is 10. The Balaban J connectivity index is 0.752. The first-order chi connectivity index (χ1) is 31.1. The first-order valence-electron chi connectivity index (χ1n) is 28.8. The van der Waals surface area contributed by atoms with Crippen LogP contribution in [-0.4, -0.2) is 36.3 Å². The van der Waals surface area contributed by atoms with Crippen molar-refractivity contribution < 1.29 is 27.2 Å². The first-order valence-corrected chi connectivity index (χ1v) is 28.8. The Morgan fingerprint density at radius 3 is 1.84 bits per heavy atom. The summed E-state index contributed by atoms with van der Waals surface area (Å²) in [5.41, 5.74) is 0. The standard InChI is InChI=1S/C58H92F4O2/c1-36-15-6-4-2-3-5-7-22-45(36)57(63)51-35-53(61)54-48-25-13-19-37(20-14-26-49(48)58(64)55(54)56(51)62)17-12-18-38-16-8-10-24-47-40(28-27-38)29-42-33-44(59)32-41-31-43(52(60)34-50(42)47)30-39-21-9-11-23-46(39)41/h36-56H,2-35H2,1H3. The molecule has 64 heavy (non-hydrogen) atoms. The normalized spacial score (nSPS) is 48.8. The van der Waals surface area contributed by atoms with Crippen molar-refractivity contribution in [2.75, 3.05) is 0 Å². The molecule has 2 bridgehead atoms. The molecule has 9 aliphatic rings. The molecule has 0 aromatic carbocycles. The molecule has 9 fully saturated rings. The van der Waals surface area contributed by atoms with Crippen LogP contribution in [0.5, 0.6) is 0 Å². The summed E-state index contributed by atoms with van der Waals surface area (Å²) in [6.45, 7) is 2.15. The predicted octanol–water partition coefficient (Wildman–Crippen LogP) is 16.4. The second-order valence-electron chi connectivity index (χ2n) is 25.3. The maximum Gasteiger partial charge on any atom is 0.142 e. The third-order valence-electron chi connectivity index (χ3n) is 21.7. The Morgan fingerprint density at radius 1 is 0.469 bits per heavy atom. The van der Waals surface area contributed by atoms with Gasteiger partial charge in [-0.05, 0) is 154 Å². The minimum atomic E-state index is -1.53. The molecule has 21 atom stereocenters. The van der Waals surface area contributed by atoms with Gasteiger partial charge in [0.25, 0.3) is 0 Å². The Morgan fingerprint density at radius 2 is 1.05 bits per heavy atom. The zero-order valence-corrected chi connectivity index (χ0v) is 40.5. The van der Waals surface area contributed by atoms with Crippen LogP contribution in [0.2, 0.25) is 0 Å². The van der Waals surface area contributed by atoms with Crippen molar-refractivity contribution in [2.45, 2.75) is 250 Å². The van der Waals surface area contributed by atoms with E-state index in [4.69, 9.17) is 0 Å². The van der Waals surface area contributed by atoms with Crippen LogP contribution in [0.3, 0.4) is 0 Å². The molecular weight excluding hydrogens is 805 g/mol. The monoisotopic (exact) mass is 897 g/mol. The molecule has 9 aliphatic carbocycles. The van der Waals surface area contributed by atoms with Crippen molar-refractivity contribution in [3.63, 3.8) is 0 Å². The molecule has 364 valence electrons. The van der Waals surface area contributed by atoms with E-state index < -0.39 is 42.4 Å². The minimum Gasteiger partial charge on any atom is -0.299 e. The molecule has 6 heteroatoms. The number of hydrogen-bond donors (Lipinski definition) is 0. The molecule has 0 N–H and O–H groups in total. The molecule has 0 aromatic rings. The van der Waals surface area contributed by atoms with E-state index in [-0.39, 0.29) is 47.6 Å². The van der Waals surface area contributed by atoms with Gasteiger partial charge in [0.05, 0.1) is 11.8 Å². The SMILES string of the molecule is CC1CCCCCCCCC1C(=O)C1CC(F)C2C3CCCC(CCCC4CCCCC5C(CC4)CC4CC(F)CC6CC(CC7CCCCC76)C(F)CC45)CCCC3C(=O)C2C1F. The lowest BCUT2D eigenvalue weighted by Gasteiger charge is -2.47. The fourth-order valence-electron chi connectivity index (χ4n) is 18.5. The quantitative estimate of drug-likeness (QED) is 0.249. The van der Waals surface area contributed by atoms with Crippen LogP contribution < -0.4 is 0 Å². The van der Waals surface area contributed by atoms with E-state index in [1.54, 1.807) is 0 Å². The zero-order chi connectivity index (χ0) is 44.3. The minimum absolute atomic E-state index is 0.0229. The second-order valence-corrected chi connectivity index (χ2v) is 25.3. The molecule has 0 saturated heterocycles. The van der Waals surface area contributed by atoms with Crippen LogP contribution in [0, 0.1) is 101 Å². The summed E-state index contributed by atoms with van der Waals surface area (Å²) in [6, 6.07) is 0. The molecule has 21 unspecified atom stereocenters. The lowest BCUT2D eigenvalue weighted by Crippen LogP contribution is -2.48. The summed E-state index contributed by atoms with van der Waals surface area (Å²) in [4.78, 5) is 28.3. The van der Waals surface area contributed by atoms with Crippen LogP contribution in [-0.2, 0) is 9.59 Å². The van der Waals surface area contributed by atoms with Gasteiger partial charge in [0.15, 0.2) is 0 Å². The Hall–Kier alpha value is -0.940. The Labute approximate surface area is 387 Å². The van der Waals surface area contributed by atoms with Crippen molar-refractivity contribution >= 4 is 11.6 Å². The topological polar surface area (TPSA) is 34.1 Å². The van der Waals surface area contributed by atoms with E-state index >= 15 is 17.6 Å². The summed E-state index contributed by atoms with van der Waals surface area (Å²) < 4.78 is 65.8. The predicted molar refractivity (Wildman–Crippen MR) is 252 cm³/mol. The van der Waals surface area contributed by atoms with E-state index in [1.165, 1.54) is 103 Å². The Bertz CT molecular complexity index is 1500. The summed E-state index contributed by atoms with van der Waals surface area (Å²) in [5.74, 6) is 2.36. The third-order valence-corrected chi connectivity index (χ3v) is 21.7. The van der Waals surface area contributed by atoms with Gasteiger partial charge in [0, 0.05) is 17.8 Å². The van der Waals surface area contributed by atoms with Crippen LogP contribution in [0.4, 0.5) is 17.6 Å². The van der Waals surface area contributed by atoms with E-state index in [9.17, 15) is 9.59 Å². The molecule has 0 heterocycles. The lowest BCUT2D eigenvalue weighted by molar-refractivity contribution is -0.140. The highest BCUT2D eigenvalue weighted by molar-refractivity contribution is 5.90. The number of hydrogen-bond acceptors (Lipinski definition) is 2. The molecule has 0 aromatic heterocycles. The number of halogens is 4. The number of ketones is 2. The van der Waals surface area contributed by atoms with Gasteiger partial charge < -0.3 is 0 Å². The molecular formula is C58H92F4O2. The number of Topliss-reactive ketones (excluding diaryl/α,β-unsaturated/α-hetero) is 2. The molecule has 0 spiro atoms. The van der Waals surface area contributed by atoms with Crippen LogP contribution >= 0.6 is 0 Å². The second kappa shape index (κ2) is 22.2. The summed E-state index contributed by atoms with van der Waals surface area (Å²) in [5, 5.41) is 0. The van der Waals surface area contributed by atoms with Crippen LogP contribution in [0.1, 0.15) is 225 Å². The van der Waals surface area contributed by atoms with Crippen molar-refractivity contribution in [1.82, 2.24) is 0 Å². The number of rotatable bonds is 6. The number of carbonyl (C=O) groups excluding carboxylic acids is 2. The maximum atomic E-state index is 16.7. The van der Waals surface area contributed by atoms with Gasteiger partial charge in [-0.1, -0.05) is 142 Å². The fourth-order valence-corrected chi connectivity index (χ4v) is 18.5. The third kappa shape index (κ3) is 10.8. The van der Waals surface area contributed by atoms with Gasteiger partial charge >= 0.3 is 0 Å². The summed E-state index contributed by atoms with van der Waals surface area (Å²) in [6.07, 6.45) is 31.8. The molecule has 0 aliphatic heterocycles. The molecule has 0 radical (unpaired) electrons. The number of carbonyl (C=O) groups is 2. The molecule has 9 saturated carbocycles. The Kier molecular flexibility index (Phi) is 16.7. The van der Waals surface area contributed by atoms with Gasteiger partial charge in [0.1, 0.15) is 36.3 Å². The molecule has 9 rings (SSSR count). The van der Waals surface area contributed by atoms with Crippen molar-refractivity contribution in [3.8, 4) is 0 Å². The summed E-state index contributed by atoms with van der Waals surface area (Å²) in [7, 11) is 0. The molecule has 0 amide bonds.